The van der Waals surface area contributed by atoms with Crippen LogP contribution in [-0.4, -0.2) is 34.8 Å². The molecular formula is C22H21F3N4O. The number of benzene rings is 2. The number of carbonyl (C=O) groups excluding carboxylic acids is 1. The fourth-order valence-corrected chi connectivity index (χ4v) is 3.91. The topological polar surface area (TPSA) is 59.0 Å². The number of aromatic nitrogens is 2. The second-order valence-corrected chi connectivity index (χ2v) is 7.39. The number of nitrogens with zero attached hydrogens (tertiary/aromatic N) is 2. The summed E-state index contributed by atoms with van der Waals surface area (Å²) >= 11 is 0. The van der Waals surface area contributed by atoms with Gasteiger partial charge in [0.2, 0.25) is 0 Å². The first-order valence-corrected chi connectivity index (χ1v) is 9.68. The molecule has 0 bridgehead atoms. The van der Waals surface area contributed by atoms with Crippen molar-refractivity contribution in [1.82, 2.24) is 20.4 Å². The third-order valence-electron chi connectivity index (χ3n) is 5.50. The number of aryl methyl sites for hydroxylation is 1. The lowest BCUT2D eigenvalue weighted by molar-refractivity contribution is 0.0920. The normalized spacial score (nSPS) is 18.9. The summed E-state index contributed by atoms with van der Waals surface area (Å²) in [5.41, 5.74) is 1.88. The molecule has 2 heterocycles. The Balaban J connectivity index is 1.54. The van der Waals surface area contributed by atoms with E-state index in [1.54, 1.807) is 30.1 Å². The van der Waals surface area contributed by atoms with Crippen LogP contribution in [0.3, 0.4) is 0 Å². The van der Waals surface area contributed by atoms with Gasteiger partial charge < -0.3 is 10.6 Å². The lowest BCUT2D eigenvalue weighted by Crippen LogP contribution is -2.50. The zero-order valence-corrected chi connectivity index (χ0v) is 16.3. The molecule has 2 atom stereocenters. The van der Waals surface area contributed by atoms with Crippen LogP contribution < -0.4 is 10.6 Å². The van der Waals surface area contributed by atoms with Crippen LogP contribution in [0.1, 0.15) is 28.3 Å². The molecule has 1 unspecified atom stereocenters. The second-order valence-electron chi connectivity index (χ2n) is 7.39. The fourth-order valence-electron chi connectivity index (χ4n) is 3.91. The number of piperidine rings is 1. The Bertz CT molecular complexity index is 1080. The minimum absolute atomic E-state index is 0.0736. The molecule has 2 aromatic carbocycles. The van der Waals surface area contributed by atoms with Gasteiger partial charge in [-0.25, -0.2) is 13.2 Å². The Morgan fingerprint density at radius 3 is 2.63 bits per heavy atom. The van der Waals surface area contributed by atoms with Crippen LogP contribution in [0.2, 0.25) is 0 Å². The van der Waals surface area contributed by atoms with E-state index in [0.717, 1.165) is 17.8 Å². The number of halogens is 3. The maximum atomic E-state index is 14.7. The molecule has 3 aromatic rings. The minimum Gasteiger partial charge on any atom is -0.347 e. The van der Waals surface area contributed by atoms with E-state index in [4.69, 9.17) is 0 Å². The molecule has 1 saturated heterocycles. The Kier molecular flexibility index (Phi) is 5.59. The molecule has 2 N–H and O–H groups in total. The molecule has 0 aliphatic carbocycles. The van der Waals surface area contributed by atoms with Crippen LogP contribution in [0.5, 0.6) is 0 Å². The number of hydrogen-bond donors (Lipinski definition) is 2. The largest absolute Gasteiger partial charge is 0.347 e. The lowest BCUT2D eigenvalue weighted by atomic mass is 9.85. The quantitative estimate of drug-likeness (QED) is 0.688. The smallest absolute Gasteiger partial charge is 0.254 e. The number of rotatable bonds is 4. The average Bonchev–Trinajstić information content (AvgIpc) is 3.16. The number of nitrogens with one attached hydrogen (secondary N) is 2. The fraction of sp³-hybridized carbons (Fsp3) is 0.273. The molecule has 0 spiro atoms. The predicted molar refractivity (Wildman–Crippen MR) is 106 cm³/mol. The predicted octanol–water partition coefficient (Wildman–Crippen LogP) is 3.38. The highest BCUT2D eigenvalue weighted by Gasteiger charge is 2.29. The highest BCUT2D eigenvalue weighted by molar-refractivity contribution is 5.95. The molecule has 30 heavy (non-hydrogen) atoms. The Morgan fingerprint density at radius 2 is 1.93 bits per heavy atom. The van der Waals surface area contributed by atoms with Crippen molar-refractivity contribution in [3.8, 4) is 11.3 Å². The van der Waals surface area contributed by atoms with E-state index in [1.807, 2.05) is 0 Å². The van der Waals surface area contributed by atoms with E-state index in [-0.39, 0.29) is 17.5 Å². The van der Waals surface area contributed by atoms with Crippen molar-refractivity contribution in [2.24, 2.45) is 7.05 Å². The van der Waals surface area contributed by atoms with Gasteiger partial charge in [-0.05, 0) is 48.9 Å². The van der Waals surface area contributed by atoms with Crippen molar-refractivity contribution >= 4 is 5.91 Å². The first kappa shape index (κ1) is 20.2. The average molecular weight is 414 g/mol. The van der Waals surface area contributed by atoms with Crippen molar-refractivity contribution in [1.29, 1.82) is 0 Å². The van der Waals surface area contributed by atoms with E-state index in [2.05, 4.69) is 15.7 Å². The number of carbonyl (C=O) groups is 1. The third kappa shape index (κ3) is 3.95. The standard InChI is InChI=1S/C22H21F3N4O/c1-29-21(7-9-27-29)14-2-4-16(18(24)11-14)22(30)28-20-12-26-8-6-15(20)13-3-5-17(23)19(25)10-13/h2-5,7,9-11,15,20,26H,6,8,12H2,1H3,(H,28,30)/t15?,20-/m0/s1. The summed E-state index contributed by atoms with van der Waals surface area (Å²) in [6.45, 7) is 1.13. The molecule has 156 valence electrons. The van der Waals surface area contributed by atoms with E-state index < -0.39 is 23.4 Å². The van der Waals surface area contributed by atoms with Crippen LogP contribution in [0, 0.1) is 17.5 Å². The summed E-state index contributed by atoms with van der Waals surface area (Å²) in [7, 11) is 1.75. The highest BCUT2D eigenvalue weighted by Crippen LogP contribution is 2.28. The van der Waals surface area contributed by atoms with Gasteiger partial charge in [-0.1, -0.05) is 12.1 Å². The molecule has 5 nitrogen and oxygen atoms in total. The van der Waals surface area contributed by atoms with Crippen molar-refractivity contribution in [2.45, 2.75) is 18.4 Å². The Labute approximate surface area is 171 Å². The van der Waals surface area contributed by atoms with Gasteiger partial charge in [0.15, 0.2) is 11.6 Å². The number of amides is 1. The van der Waals surface area contributed by atoms with Gasteiger partial charge in [0.1, 0.15) is 5.82 Å². The highest BCUT2D eigenvalue weighted by atomic mass is 19.2. The van der Waals surface area contributed by atoms with E-state index in [0.29, 0.717) is 30.6 Å². The lowest BCUT2D eigenvalue weighted by Gasteiger charge is -2.33. The zero-order chi connectivity index (χ0) is 21.3. The monoisotopic (exact) mass is 414 g/mol. The van der Waals surface area contributed by atoms with Gasteiger partial charge in [0.25, 0.3) is 5.91 Å². The van der Waals surface area contributed by atoms with Gasteiger partial charge in [-0.2, -0.15) is 5.10 Å². The molecule has 0 radical (unpaired) electrons. The third-order valence-corrected chi connectivity index (χ3v) is 5.50. The molecule has 8 heteroatoms. The van der Waals surface area contributed by atoms with Gasteiger partial charge >= 0.3 is 0 Å². The summed E-state index contributed by atoms with van der Waals surface area (Å²) in [4.78, 5) is 12.8. The first-order valence-electron chi connectivity index (χ1n) is 9.68. The van der Waals surface area contributed by atoms with Crippen LogP contribution >= 0.6 is 0 Å². The van der Waals surface area contributed by atoms with Crippen molar-refractivity contribution in [3.63, 3.8) is 0 Å². The summed E-state index contributed by atoms with van der Waals surface area (Å²) < 4.78 is 43.3. The number of hydrogen-bond acceptors (Lipinski definition) is 3. The van der Waals surface area contributed by atoms with Crippen LogP contribution in [0.4, 0.5) is 13.2 Å². The SMILES string of the molecule is Cn1nccc1-c1ccc(C(=O)N[C@H]2CNCCC2c2ccc(F)c(F)c2)c(F)c1. The Morgan fingerprint density at radius 1 is 1.10 bits per heavy atom. The van der Waals surface area contributed by atoms with Crippen molar-refractivity contribution in [2.75, 3.05) is 13.1 Å². The van der Waals surface area contributed by atoms with Crippen LogP contribution in [0.25, 0.3) is 11.3 Å². The van der Waals surface area contributed by atoms with E-state index >= 15 is 0 Å². The second kappa shape index (κ2) is 8.31. The molecule has 1 aromatic heterocycles. The Hall–Kier alpha value is -3.13. The molecule has 4 rings (SSSR count). The molecule has 1 fully saturated rings. The van der Waals surface area contributed by atoms with Gasteiger partial charge in [0, 0.05) is 37.3 Å². The van der Waals surface area contributed by atoms with E-state index in [9.17, 15) is 18.0 Å². The maximum Gasteiger partial charge on any atom is 0.254 e. The van der Waals surface area contributed by atoms with E-state index in [1.165, 1.54) is 18.2 Å². The van der Waals surface area contributed by atoms with Gasteiger partial charge in [-0.3, -0.25) is 9.48 Å². The molecule has 0 saturated carbocycles. The van der Waals surface area contributed by atoms with Crippen LogP contribution in [0.15, 0.2) is 48.7 Å². The molecule has 1 amide bonds. The first-order chi connectivity index (χ1) is 14.4. The van der Waals surface area contributed by atoms with Crippen molar-refractivity contribution < 1.29 is 18.0 Å². The summed E-state index contributed by atoms with van der Waals surface area (Å²) in [5.74, 6) is -3.23. The molecule has 1 aliphatic heterocycles. The molecule has 1 aliphatic rings. The van der Waals surface area contributed by atoms with Crippen molar-refractivity contribution in [3.05, 3.63) is 77.2 Å². The maximum absolute atomic E-state index is 14.7. The summed E-state index contributed by atoms with van der Waals surface area (Å²) in [5, 5.41) is 10.1. The molecular weight excluding hydrogens is 393 g/mol. The van der Waals surface area contributed by atoms with Gasteiger partial charge in [-0.15, -0.1) is 0 Å². The summed E-state index contributed by atoms with van der Waals surface area (Å²) in [6, 6.07) is 9.56. The zero-order valence-electron chi connectivity index (χ0n) is 16.3. The van der Waals surface area contributed by atoms with Crippen LogP contribution in [-0.2, 0) is 7.05 Å². The summed E-state index contributed by atoms with van der Waals surface area (Å²) in [6.07, 6.45) is 2.25. The minimum atomic E-state index is -0.923. The van der Waals surface area contributed by atoms with Gasteiger partial charge in [0.05, 0.1) is 11.3 Å².